The molecule has 1 fully saturated rings. The van der Waals surface area contributed by atoms with Gasteiger partial charge < -0.3 is 15.4 Å². The van der Waals surface area contributed by atoms with Gasteiger partial charge in [0.05, 0.1) is 12.4 Å². The molecule has 22 heavy (non-hydrogen) atoms. The number of nitrogens with one attached hydrogen (secondary N) is 2. The van der Waals surface area contributed by atoms with Crippen LogP contribution in [0.25, 0.3) is 0 Å². The Morgan fingerprint density at radius 3 is 3.05 bits per heavy atom. The lowest BCUT2D eigenvalue weighted by Gasteiger charge is -2.26. The minimum atomic E-state index is -0.281. The van der Waals surface area contributed by atoms with Crippen LogP contribution in [0.4, 0.5) is 5.13 Å². The van der Waals surface area contributed by atoms with Gasteiger partial charge in [0.1, 0.15) is 0 Å². The number of rotatable bonds is 6. The van der Waals surface area contributed by atoms with Gasteiger partial charge in [-0.25, -0.2) is 0 Å². The Labute approximate surface area is 137 Å². The maximum atomic E-state index is 12.2. The topological polar surface area (TPSA) is 93.2 Å². The van der Waals surface area contributed by atoms with Crippen LogP contribution in [0.15, 0.2) is 4.34 Å². The molecule has 1 amide bonds. The molecule has 0 saturated carbocycles. The molecule has 7 nitrogen and oxygen atoms in total. The number of piperidine rings is 1. The molecule has 0 aliphatic carbocycles. The molecule has 2 rings (SSSR count). The number of aromatic nitrogens is 2. The van der Waals surface area contributed by atoms with E-state index >= 15 is 0 Å². The molecule has 122 valence electrons. The lowest BCUT2D eigenvalue weighted by atomic mass is 9.93. The second-order valence-electron chi connectivity index (χ2n) is 5.03. The SMILES string of the molecule is CCOC(=O)CSc1nnc(NC(=O)[C@H]2CCN[C@@H](C)C2)s1. The van der Waals surface area contributed by atoms with Crippen LogP contribution in [-0.4, -0.2) is 47.0 Å². The summed E-state index contributed by atoms with van der Waals surface area (Å²) in [5, 5.41) is 14.5. The van der Waals surface area contributed by atoms with Gasteiger partial charge in [0.25, 0.3) is 0 Å². The van der Waals surface area contributed by atoms with Crippen molar-refractivity contribution in [1.82, 2.24) is 15.5 Å². The van der Waals surface area contributed by atoms with E-state index in [-0.39, 0.29) is 23.5 Å². The minimum absolute atomic E-state index is 0.00792. The number of hydrogen-bond donors (Lipinski definition) is 2. The third kappa shape index (κ3) is 5.22. The summed E-state index contributed by atoms with van der Waals surface area (Å²) in [5.74, 6) is -0.0819. The fourth-order valence-electron chi connectivity index (χ4n) is 2.22. The number of thioether (sulfide) groups is 1. The van der Waals surface area contributed by atoms with Crippen molar-refractivity contribution < 1.29 is 14.3 Å². The average molecular weight is 344 g/mol. The summed E-state index contributed by atoms with van der Waals surface area (Å²) in [6.45, 7) is 5.07. The summed E-state index contributed by atoms with van der Waals surface area (Å²) in [4.78, 5) is 23.5. The first-order valence-electron chi connectivity index (χ1n) is 7.24. The maximum absolute atomic E-state index is 12.2. The van der Waals surface area contributed by atoms with Crippen molar-refractivity contribution in [2.24, 2.45) is 5.92 Å². The van der Waals surface area contributed by atoms with Gasteiger partial charge in [0.2, 0.25) is 11.0 Å². The zero-order valence-corrected chi connectivity index (χ0v) is 14.3. The summed E-state index contributed by atoms with van der Waals surface area (Å²) >= 11 is 2.53. The molecule has 1 aromatic heterocycles. The number of anilines is 1. The largest absolute Gasteiger partial charge is 0.465 e. The molecule has 0 radical (unpaired) electrons. The first-order valence-corrected chi connectivity index (χ1v) is 9.05. The highest BCUT2D eigenvalue weighted by Crippen LogP contribution is 2.26. The van der Waals surface area contributed by atoms with Crippen LogP contribution < -0.4 is 10.6 Å². The number of nitrogens with zero attached hydrogens (tertiary/aromatic N) is 2. The Hall–Kier alpha value is -1.19. The Kier molecular flexibility index (Phi) is 6.59. The van der Waals surface area contributed by atoms with E-state index in [0.29, 0.717) is 22.1 Å². The van der Waals surface area contributed by atoms with Gasteiger partial charge in [-0.1, -0.05) is 23.1 Å². The Morgan fingerprint density at radius 2 is 2.32 bits per heavy atom. The minimum Gasteiger partial charge on any atom is -0.465 e. The molecule has 2 atom stereocenters. The predicted octanol–water partition coefficient (Wildman–Crippen LogP) is 1.52. The van der Waals surface area contributed by atoms with Crippen molar-refractivity contribution in [3.05, 3.63) is 0 Å². The number of ether oxygens (including phenoxy) is 1. The fourth-order valence-corrected chi connectivity index (χ4v) is 3.77. The summed E-state index contributed by atoms with van der Waals surface area (Å²) in [6, 6.07) is 0.356. The summed E-state index contributed by atoms with van der Waals surface area (Å²) in [7, 11) is 0. The maximum Gasteiger partial charge on any atom is 0.316 e. The molecule has 0 aromatic carbocycles. The van der Waals surface area contributed by atoms with Crippen LogP contribution in [0.1, 0.15) is 26.7 Å². The Balaban J connectivity index is 1.81. The number of carbonyl (C=O) groups is 2. The van der Waals surface area contributed by atoms with E-state index in [1.54, 1.807) is 6.92 Å². The molecule has 2 heterocycles. The second kappa shape index (κ2) is 8.44. The quantitative estimate of drug-likeness (QED) is 0.459. The molecular formula is C13H20N4O3S2. The van der Waals surface area contributed by atoms with Crippen LogP contribution in [0.2, 0.25) is 0 Å². The molecule has 1 aliphatic heterocycles. The van der Waals surface area contributed by atoms with Gasteiger partial charge >= 0.3 is 5.97 Å². The van der Waals surface area contributed by atoms with Crippen LogP contribution in [0.3, 0.4) is 0 Å². The molecule has 9 heteroatoms. The number of esters is 1. The van der Waals surface area contributed by atoms with Crippen molar-refractivity contribution in [3.63, 3.8) is 0 Å². The average Bonchev–Trinajstić information content (AvgIpc) is 2.93. The van der Waals surface area contributed by atoms with Gasteiger partial charge in [-0.05, 0) is 33.2 Å². The third-order valence-electron chi connectivity index (χ3n) is 3.25. The lowest BCUT2D eigenvalue weighted by Crippen LogP contribution is -2.40. The molecular weight excluding hydrogens is 324 g/mol. The van der Waals surface area contributed by atoms with E-state index in [1.165, 1.54) is 23.1 Å². The summed E-state index contributed by atoms with van der Waals surface area (Å²) in [6.07, 6.45) is 1.66. The predicted molar refractivity (Wildman–Crippen MR) is 86.1 cm³/mol. The third-order valence-corrected chi connectivity index (χ3v) is 5.20. The molecule has 0 bridgehead atoms. The van der Waals surface area contributed by atoms with Crippen LogP contribution >= 0.6 is 23.1 Å². The molecule has 0 spiro atoms. The van der Waals surface area contributed by atoms with Crippen molar-refractivity contribution in [2.45, 2.75) is 37.1 Å². The van der Waals surface area contributed by atoms with Gasteiger partial charge in [-0.15, -0.1) is 10.2 Å². The number of amides is 1. The Morgan fingerprint density at radius 1 is 1.50 bits per heavy atom. The van der Waals surface area contributed by atoms with Crippen molar-refractivity contribution in [2.75, 3.05) is 24.2 Å². The first kappa shape index (κ1) is 17.2. The zero-order valence-electron chi connectivity index (χ0n) is 12.6. The van der Waals surface area contributed by atoms with E-state index in [2.05, 4.69) is 27.8 Å². The van der Waals surface area contributed by atoms with Crippen LogP contribution in [0.5, 0.6) is 0 Å². The normalized spacial score (nSPS) is 21.4. The highest BCUT2D eigenvalue weighted by atomic mass is 32.2. The van der Waals surface area contributed by atoms with Gasteiger partial charge in [-0.2, -0.15) is 0 Å². The highest BCUT2D eigenvalue weighted by Gasteiger charge is 2.25. The first-order chi connectivity index (χ1) is 10.6. The monoisotopic (exact) mass is 344 g/mol. The Bertz CT molecular complexity index is 523. The van der Waals surface area contributed by atoms with Crippen LogP contribution in [0, 0.1) is 5.92 Å². The smallest absolute Gasteiger partial charge is 0.316 e. The van der Waals surface area contributed by atoms with Gasteiger partial charge in [0.15, 0.2) is 4.34 Å². The molecule has 1 aliphatic rings. The molecule has 0 unspecified atom stereocenters. The van der Waals surface area contributed by atoms with E-state index in [0.717, 1.165) is 19.4 Å². The molecule has 2 N–H and O–H groups in total. The van der Waals surface area contributed by atoms with E-state index < -0.39 is 0 Å². The van der Waals surface area contributed by atoms with Crippen molar-refractivity contribution >= 4 is 40.1 Å². The summed E-state index contributed by atoms with van der Waals surface area (Å²) in [5.41, 5.74) is 0. The van der Waals surface area contributed by atoms with E-state index in [1.807, 2.05) is 0 Å². The number of hydrogen-bond acceptors (Lipinski definition) is 8. The lowest BCUT2D eigenvalue weighted by molar-refractivity contribution is -0.139. The van der Waals surface area contributed by atoms with Crippen molar-refractivity contribution in [3.8, 4) is 0 Å². The fraction of sp³-hybridized carbons (Fsp3) is 0.692. The van der Waals surface area contributed by atoms with Gasteiger partial charge in [0, 0.05) is 12.0 Å². The van der Waals surface area contributed by atoms with E-state index in [4.69, 9.17) is 4.74 Å². The zero-order chi connectivity index (χ0) is 15.9. The van der Waals surface area contributed by atoms with Crippen molar-refractivity contribution in [1.29, 1.82) is 0 Å². The number of carbonyl (C=O) groups excluding carboxylic acids is 2. The second-order valence-corrected chi connectivity index (χ2v) is 7.23. The van der Waals surface area contributed by atoms with Gasteiger partial charge in [-0.3, -0.25) is 9.59 Å². The molecule has 1 aromatic rings. The van der Waals surface area contributed by atoms with Crippen LogP contribution in [-0.2, 0) is 14.3 Å². The summed E-state index contributed by atoms with van der Waals surface area (Å²) < 4.78 is 5.49. The highest BCUT2D eigenvalue weighted by molar-refractivity contribution is 8.01. The standard InChI is InChI=1S/C13H20N4O3S2/c1-3-20-10(18)7-21-13-17-16-12(22-13)15-11(19)9-4-5-14-8(2)6-9/h8-9,14H,3-7H2,1-2H3,(H,15,16,19)/t8-,9-/m0/s1. The van der Waals surface area contributed by atoms with E-state index in [9.17, 15) is 9.59 Å². The molecule has 1 saturated heterocycles.